The van der Waals surface area contributed by atoms with Crippen molar-refractivity contribution in [2.24, 2.45) is 11.5 Å². The molecule has 0 aromatic heterocycles. The van der Waals surface area contributed by atoms with Gasteiger partial charge in [-0.3, -0.25) is 0 Å². The van der Waals surface area contributed by atoms with E-state index in [1.54, 1.807) is 13.0 Å². The van der Waals surface area contributed by atoms with Crippen LogP contribution < -0.4 is 11.5 Å². The number of nitrogens with two attached hydrogens (primary N) is 2. The van der Waals surface area contributed by atoms with Crippen molar-refractivity contribution < 1.29 is 4.39 Å². The summed E-state index contributed by atoms with van der Waals surface area (Å²) < 4.78 is 13.0. The molecule has 2 nitrogen and oxygen atoms in total. The predicted octanol–water partition coefficient (Wildman–Crippen LogP) is 2.26. The smallest absolute Gasteiger partial charge is 0.126 e. The molecule has 1 rings (SSSR count). The van der Waals surface area contributed by atoms with Gasteiger partial charge >= 0.3 is 0 Å². The summed E-state index contributed by atoms with van der Waals surface area (Å²) in [4.78, 5) is 0. The molecule has 0 amide bonds. The predicted molar refractivity (Wildman–Crippen MR) is 61.0 cm³/mol. The Kier molecular flexibility index (Phi) is 4.72. The van der Waals surface area contributed by atoms with Gasteiger partial charge in [0.25, 0.3) is 0 Å². The van der Waals surface area contributed by atoms with Crippen LogP contribution in [0.15, 0.2) is 18.2 Å². The van der Waals surface area contributed by atoms with E-state index in [9.17, 15) is 4.39 Å². The van der Waals surface area contributed by atoms with Crippen molar-refractivity contribution in [3.63, 3.8) is 0 Å². The van der Waals surface area contributed by atoms with Crippen molar-refractivity contribution in [1.29, 1.82) is 0 Å². The molecule has 4 N–H and O–H groups in total. The summed E-state index contributed by atoms with van der Waals surface area (Å²) in [5.74, 6) is -0.173. The van der Waals surface area contributed by atoms with E-state index in [2.05, 4.69) is 0 Å². The van der Waals surface area contributed by atoms with Gasteiger partial charge in [-0.15, -0.1) is 0 Å². The summed E-state index contributed by atoms with van der Waals surface area (Å²) in [5.41, 5.74) is 13.1. The molecule has 0 saturated carbocycles. The zero-order chi connectivity index (χ0) is 11.3. The first-order chi connectivity index (χ1) is 7.15. The number of hydrogen-bond acceptors (Lipinski definition) is 2. The fourth-order valence-electron chi connectivity index (χ4n) is 1.57. The molecule has 0 heterocycles. The highest BCUT2D eigenvalue weighted by Gasteiger charge is 2.07. The van der Waals surface area contributed by atoms with Gasteiger partial charge in [0.1, 0.15) is 5.82 Å². The van der Waals surface area contributed by atoms with Crippen molar-refractivity contribution in [2.75, 3.05) is 6.54 Å². The highest BCUT2D eigenvalue weighted by atomic mass is 19.1. The Balaban J connectivity index is 2.57. The van der Waals surface area contributed by atoms with Crippen LogP contribution in [0.3, 0.4) is 0 Å². The molecule has 0 aliphatic carbocycles. The topological polar surface area (TPSA) is 52.0 Å². The van der Waals surface area contributed by atoms with Gasteiger partial charge in [-0.2, -0.15) is 0 Å². The second kappa shape index (κ2) is 5.83. The lowest BCUT2D eigenvalue weighted by Gasteiger charge is -2.12. The normalized spacial score (nSPS) is 12.8. The molecule has 0 unspecified atom stereocenters. The van der Waals surface area contributed by atoms with Gasteiger partial charge in [0.05, 0.1) is 0 Å². The highest BCUT2D eigenvalue weighted by molar-refractivity contribution is 5.26. The summed E-state index contributed by atoms with van der Waals surface area (Å²) in [6.07, 6.45) is 2.92. The monoisotopic (exact) mass is 210 g/mol. The number of rotatable bonds is 5. The Morgan fingerprint density at radius 3 is 2.67 bits per heavy atom. The Hall–Kier alpha value is -0.930. The lowest BCUT2D eigenvalue weighted by molar-refractivity contribution is 0.584. The molecule has 0 spiro atoms. The number of aryl methyl sites for hydroxylation is 1. The van der Waals surface area contributed by atoms with Crippen molar-refractivity contribution in [3.05, 3.63) is 35.1 Å². The summed E-state index contributed by atoms with van der Waals surface area (Å²) in [6, 6.07) is 5.06. The van der Waals surface area contributed by atoms with Crippen LogP contribution in [-0.2, 0) is 0 Å². The Morgan fingerprint density at radius 1 is 1.33 bits per heavy atom. The van der Waals surface area contributed by atoms with Crippen molar-refractivity contribution in [3.8, 4) is 0 Å². The first kappa shape index (κ1) is 12.1. The molecule has 1 aromatic carbocycles. The molecule has 1 aromatic rings. The number of unbranched alkanes of at least 4 members (excludes halogenated alkanes) is 1. The summed E-state index contributed by atoms with van der Waals surface area (Å²) in [7, 11) is 0. The van der Waals surface area contributed by atoms with Crippen molar-refractivity contribution in [2.45, 2.75) is 32.2 Å². The fraction of sp³-hybridized carbons (Fsp3) is 0.500. The minimum Gasteiger partial charge on any atom is -0.330 e. The average molecular weight is 210 g/mol. The maximum atomic E-state index is 13.0. The van der Waals surface area contributed by atoms with E-state index in [1.807, 2.05) is 6.07 Å². The van der Waals surface area contributed by atoms with Gasteiger partial charge in [-0.05, 0) is 43.5 Å². The first-order valence-electron chi connectivity index (χ1n) is 5.37. The summed E-state index contributed by atoms with van der Waals surface area (Å²) in [6.45, 7) is 2.46. The molecule has 0 saturated heterocycles. The number of halogens is 1. The molecule has 3 heteroatoms. The Bertz CT molecular complexity index is 312. The molecule has 0 aliphatic heterocycles. The van der Waals surface area contributed by atoms with E-state index >= 15 is 0 Å². The van der Waals surface area contributed by atoms with Gasteiger partial charge in [-0.25, -0.2) is 4.39 Å². The minimum atomic E-state index is -0.173. The van der Waals surface area contributed by atoms with E-state index in [-0.39, 0.29) is 11.9 Å². The zero-order valence-corrected chi connectivity index (χ0v) is 9.17. The van der Waals surface area contributed by atoms with Crippen molar-refractivity contribution in [1.82, 2.24) is 0 Å². The average Bonchev–Trinajstić information content (AvgIpc) is 2.22. The van der Waals surface area contributed by atoms with E-state index in [1.165, 1.54) is 6.07 Å². The maximum Gasteiger partial charge on any atom is 0.126 e. The Labute approximate surface area is 90.5 Å². The molecule has 0 radical (unpaired) electrons. The van der Waals surface area contributed by atoms with Crippen LogP contribution in [0.1, 0.15) is 36.4 Å². The molecular weight excluding hydrogens is 191 g/mol. The van der Waals surface area contributed by atoms with Gasteiger partial charge in [0.15, 0.2) is 0 Å². The standard InChI is InChI=1S/C12H19FN2/c1-9-8-10(5-6-11(9)13)12(15)4-2-3-7-14/h5-6,8,12H,2-4,7,14-15H2,1H3/t12-/m1/s1. The van der Waals surface area contributed by atoms with Crippen LogP contribution in [-0.4, -0.2) is 6.54 Å². The first-order valence-corrected chi connectivity index (χ1v) is 5.37. The molecule has 0 bridgehead atoms. The third-order valence-corrected chi connectivity index (χ3v) is 2.58. The second-order valence-electron chi connectivity index (χ2n) is 3.90. The molecule has 1 atom stereocenters. The molecule has 0 fully saturated rings. The van der Waals surface area contributed by atoms with E-state index in [4.69, 9.17) is 11.5 Å². The van der Waals surface area contributed by atoms with Crippen LogP contribution in [0, 0.1) is 12.7 Å². The fourth-order valence-corrected chi connectivity index (χ4v) is 1.57. The molecule has 84 valence electrons. The SMILES string of the molecule is Cc1cc([C@H](N)CCCCN)ccc1F. The van der Waals surface area contributed by atoms with Gasteiger partial charge in [-0.1, -0.05) is 18.6 Å². The van der Waals surface area contributed by atoms with E-state index < -0.39 is 0 Å². The second-order valence-corrected chi connectivity index (χ2v) is 3.90. The number of benzene rings is 1. The largest absolute Gasteiger partial charge is 0.330 e. The Morgan fingerprint density at radius 2 is 2.07 bits per heavy atom. The van der Waals surface area contributed by atoms with E-state index in [0.29, 0.717) is 12.1 Å². The summed E-state index contributed by atoms with van der Waals surface area (Å²) in [5, 5.41) is 0. The maximum absolute atomic E-state index is 13.0. The van der Waals surface area contributed by atoms with Gasteiger partial charge in [0, 0.05) is 6.04 Å². The van der Waals surface area contributed by atoms with Gasteiger partial charge in [0.2, 0.25) is 0 Å². The quantitative estimate of drug-likeness (QED) is 0.732. The van der Waals surface area contributed by atoms with Crippen LogP contribution in [0.2, 0.25) is 0 Å². The molecular formula is C12H19FN2. The van der Waals surface area contributed by atoms with Crippen LogP contribution >= 0.6 is 0 Å². The van der Waals surface area contributed by atoms with Crippen LogP contribution in [0.25, 0.3) is 0 Å². The van der Waals surface area contributed by atoms with Crippen molar-refractivity contribution >= 4 is 0 Å². The molecule has 0 aliphatic rings. The minimum absolute atomic E-state index is 0.00384. The zero-order valence-electron chi connectivity index (χ0n) is 9.17. The molecule has 15 heavy (non-hydrogen) atoms. The lowest BCUT2D eigenvalue weighted by atomic mass is 10.00. The number of hydrogen-bond donors (Lipinski definition) is 2. The lowest BCUT2D eigenvalue weighted by Crippen LogP contribution is -2.11. The summed E-state index contributed by atoms with van der Waals surface area (Å²) >= 11 is 0. The van der Waals surface area contributed by atoms with Gasteiger partial charge < -0.3 is 11.5 Å². The van der Waals surface area contributed by atoms with Crippen LogP contribution in [0.4, 0.5) is 4.39 Å². The highest BCUT2D eigenvalue weighted by Crippen LogP contribution is 2.19. The van der Waals surface area contributed by atoms with Crippen LogP contribution in [0.5, 0.6) is 0 Å². The third-order valence-electron chi connectivity index (χ3n) is 2.58. The third kappa shape index (κ3) is 3.61. The van der Waals surface area contributed by atoms with E-state index in [0.717, 1.165) is 24.8 Å².